The van der Waals surface area contributed by atoms with Crippen molar-refractivity contribution >= 4 is 34.6 Å². The minimum Gasteiger partial charge on any atom is -0.454 e. The molecule has 0 spiro atoms. The van der Waals surface area contributed by atoms with Gasteiger partial charge in [0, 0.05) is 12.2 Å². The highest BCUT2D eigenvalue weighted by atomic mass is 16.5. The van der Waals surface area contributed by atoms with Crippen LogP contribution >= 0.6 is 0 Å². The molecule has 4 aromatic rings. The summed E-state index contributed by atoms with van der Waals surface area (Å²) in [6.45, 7) is 4.48. The first-order chi connectivity index (χ1) is 14.5. The van der Waals surface area contributed by atoms with E-state index in [2.05, 4.69) is 30.6 Å². The van der Waals surface area contributed by atoms with Crippen LogP contribution in [-0.2, 0) is 17.9 Å². The van der Waals surface area contributed by atoms with Gasteiger partial charge in [0.05, 0.1) is 11.1 Å². The topological polar surface area (TPSA) is 134 Å². The molecule has 0 radical (unpaired) electrons. The van der Waals surface area contributed by atoms with Crippen LogP contribution in [0.5, 0.6) is 0 Å². The third-order valence-electron chi connectivity index (χ3n) is 4.47. The number of ether oxygens (including phenoxy) is 1. The van der Waals surface area contributed by atoms with E-state index < -0.39 is 5.97 Å². The van der Waals surface area contributed by atoms with Gasteiger partial charge in [-0.1, -0.05) is 23.4 Å². The zero-order valence-corrected chi connectivity index (χ0v) is 16.5. The molecule has 0 fully saturated rings. The van der Waals surface area contributed by atoms with Crippen LogP contribution in [0.3, 0.4) is 0 Å². The number of hydrogen-bond donors (Lipinski definition) is 2. The molecule has 2 aromatic carbocycles. The van der Waals surface area contributed by atoms with Crippen LogP contribution < -0.4 is 11.1 Å². The normalized spacial score (nSPS) is 10.9. The van der Waals surface area contributed by atoms with E-state index in [1.165, 1.54) is 0 Å². The van der Waals surface area contributed by atoms with Crippen molar-refractivity contribution in [2.75, 3.05) is 11.1 Å². The third-order valence-corrected chi connectivity index (χ3v) is 4.47. The zero-order chi connectivity index (χ0) is 21.1. The number of aromatic nitrogens is 6. The molecule has 0 saturated heterocycles. The van der Waals surface area contributed by atoms with Crippen molar-refractivity contribution in [2.45, 2.75) is 27.0 Å². The van der Waals surface area contributed by atoms with Crippen molar-refractivity contribution in [2.24, 2.45) is 0 Å². The average molecular weight is 404 g/mol. The highest BCUT2D eigenvalue weighted by Gasteiger charge is 2.13. The number of carbonyl (C=O) groups is 1. The molecule has 10 heteroatoms. The van der Waals surface area contributed by atoms with Gasteiger partial charge in [0.1, 0.15) is 5.52 Å². The van der Waals surface area contributed by atoms with Gasteiger partial charge in [-0.05, 0) is 43.7 Å². The molecular weight excluding hydrogens is 384 g/mol. The van der Waals surface area contributed by atoms with E-state index in [9.17, 15) is 4.79 Å². The summed E-state index contributed by atoms with van der Waals surface area (Å²) < 4.78 is 7.10. The molecule has 152 valence electrons. The molecule has 0 amide bonds. The highest BCUT2D eigenvalue weighted by Crippen LogP contribution is 2.18. The summed E-state index contributed by atoms with van der Waals surface area (Å²) in [5, 5.41) is 11.2. The smallest absolute Gasteiger partial charge is 0.338 e. The SMILES string of the molecule is CCn1nnc2cc(C(=O)OCc3nc(N)nc(Nc4ccccc4C)n3)ccc21. The fourth-order valence-corrected chi connectivity index (χ4v) is 2.94. The van der Waals surface area contributed by atoms with E-state index in [1.54, 1.807) is 22.9 Å². The molecule has 0 unspecified atom stereocenters. The maximum Gasteiger partial charge on any atom is 0.338 e. The lowest BCUT2D eigenvalue weighted by Crippen LogP contribution is -2.11. The fraction of sp³-hybridized carbons (Fsp3) is 0.200. The monoisotopic (exact) mass is 404 g/mol. The van der Waals surface area contributed by atoms with E-state index in [4.69, 9.17) is 10.5 Å². The van der Waals surface area contributed by atoms with Gasteiger partial charge in [-0.25, -0.2) is 9.48 Å². The van der Waals surface area contributed by atoms with Crippen LogP contribution in [0.2, 0.25) is 0 Å². The Balaban J connectivity index is 1.47. The van der Waals surface area contributed by atoms with Crippen molar-refractivity contribution in [1.82, 2.24) is 29.9 Å². The molecule has 0 aliphatic heterocycles. The van der Waals surface area contributed by atoms with Gasteiger partial charge in [-0.15, -0.1) is 5.10 Å². The molecule has 4 rings (SSSR count). The molecule has 0 aliphatic carbocycles. The minimum absolute atomic E-state index is 0.0322. The Morgan fingerprint density at radius 3 is 2.80 bits per heavy atom. The number of hydrogen-bond acceptors (Lipinski definition) is 9. The fourth-order valence-electron chi connectivity index (χ4n) is 2.94. The van der Waals surface area contributed by atoms with Gasteiger partial charge in [0.2, 0.25) is 11.9 Å². The van der Waals surface area contributed by atoms with E-state index in [1.807, 2.05) is 38.1 Å². The summed E-state index contributed by atoms with van der Waals surface area (Å²) in [7, 11) is 0. The van der Waals surface area contributed by atoms with Crippen LogP contribution in [0.4, 0.5) is 17.6 Å². The molecule has 2 heterocycles. The van der Waals surface area contributed by atoms with Gasteiger partial charge in [0.15, 0.2) is 12.4 Å². The summed E-state index contributed by atoms with van der Waals surface area (Å²) >= 11 is 0. The first-order valence-corrected chi connectivity index (χ1v) is 9.37. The molecule has 0 saturated carbocycles. The number of nitrogens with one attached hydrogen (secondary N) is 1. The van der Waals surface area contributed by atoms with Crippen molar-refractivity contribution in [3.63, 3.8) is 0 Å². The largest absolute Gasteiger partial charge is 0.454 e. The van der Waals surface area contributed by atoms with Crippen LogP contribution in [0.1, 0.15) is 28.7 Å². The Bertz CT molecular complexity index is 1220. The Labute approximate surface area is 172 Å². The molecule has 0 aliphatic rings. The van der Waals surface area contributed by atoms with Gasteiger partial charge in [-0.3, -0.25) is 0 Å². The van der Waals surface area contributed by atoms with Gasteiger partial charge < -0.3 is 15.8 Å². The van der Waals surface area contributed by atoms with Crippen LogP contribution in [0, 0.1) is 6.92 Å². The van der Waals surface area contributed by atoms with Crippen molar-refractivity contribution < 1.29 is 9.53 Å². The number of aryl methyl sites for hydroxylation is 2. The summed E-state index contributed by atoms with van der Waals surface area (Å²) in [5.41, 5.74) is 9.51. The number of esters is 1. The van der Waals surface area contributed by atoms with E-state index in [-0.39, 0.29) is 24.3 Å². The number of rotatable bonds is 6. The lowest BCUT2D eigenvalue weighted by Gasteiger charge is -2.10. The van der Waals surface area contributed by atoms with Crippen LogP contribution in [0.15, 0.2) is 42.5 Å². The Hall–Kier alpha value is -4.08. The maximum atomic E-state index is 12.4. The number of carbonyl (C=O) groups excluding carboxylic acids is 1. The number of benzene rings is 2. The number of para-hydroxylation sites is 1. The Morgan fingerprint density at radius 2 is 2.00 bits per heavy atom. The second-order valence-electron chi connectivity index (χ2n) is 6.56. The summed E-state index contributed by atoms with van der Waals surface area (Å²) in [4.78, 5) is 24.9. The molecule has 10 nitrogen and oxygen atoms in total. The third kappa shape index (κ3) is 4.02. The lowest BCUT2D eigenvalue weighted by atomic mass is 10.2. The van der Waals surface area contributed by atoms with E-state index in [0.29, 0.717) is 17.6 Å². The predicted molar refractivity (Wildman–Crippen MR) is 111 cm³/mol. The van der Waals surface area contributed by atoms with E-state index >= 15 is 0 Å². The second-order valence-corrected chi connectivity index (χ2v) is 6.56. The highest BCUT2D eigenvalue weighted by molar-refractivity contribution is 5.93. The van der Waals surface area contributed by atoms with Crippen molar-refractivity contribution in [3.8, 4) is 0 Å². The minimum atomic E-state index is -0.518. The van der Waals surface area contributed by atoms with Gasteiger partial charge in [0.25, 0.3) is 0 Å². The Kier molecular flexibility index (Phi) is 5.21. The zero-order valence-electron chi connectivity index (χ0n) is 16.5. The summed E-state index contributed by atoms with van der Waals surface area (Å²) in [5.74, 6) is 0.0328. The molecule has 2 aromatic heterocycles. The quantitative estimate of drug-likeness (QED) is 0.465. The summed E-state index contributed by atoms with van der Waals surface area (Å²) in [6.07, 6.45) is 0. The van der Waals surface area contributed by atoms with Crippen molar-refractivity contribution in [3.05, 3.63) is 59.4 Å². The molecule has 3 N–H and O–H groups in total. The van der Waals surface area contributed by atoms with Crippen molar-refractivity contribution in [1.29, 1.82) is 0 Å². The first kappa shape index (κ1) is 19.2. The molecular formula is C20H20N8O2. The Morgan fingerprint density at radius 1 is 1.17 bits per heavy atom. The predicted octanol–water partition coefficient (Wildman–Crippen LogP) is 2.63. The van der Waals surface area contributed by atoms with Gasteiger partial charge in [-0.2, -0.15) is 15.0 Å². The standard InChI is InChI=1S/C20H20N8O2/c1-3-28-16-9-8-13(10-15(16)26-27-28)18(29)30-11-17-23-19(21)25-20(24-17)22-14-7-5-4-6-12(14)2/h4-10H,3,11H2,1-2H3,(H3,21,22,23,24,25). The number of nitrogens with zero attached hydrogens (tertiary/aromatic N) is 6. The van der Waals surface area contributed by atoms with Gasteiger partial charge >= 0.3 is 5.97 Å². The molecule has 0 bridgehead atoms. The van der Waals surface area contributed by atoms with Crippen LogP contribution in [-0.4, -0.2) is 35.9 Å². The number of fused-ring (bicyclic) bond motifs is 1. The first-order valence-electron chi connectivity index (χ1n) is 9.37. The lowest BCUT2D eigenvalue weighted by molar-refractivity contribution is 0.0462. The number of anilines is 3. The maximum absolute atomic E-state index is 12.4. The number of nitrogen functional groups attached to an aromatic ring is 1. The number of nitrogens with two attached hydrogens (primary N) is 1. The average Bonchev–Trinajstić information content (AvgIpc) is 3.15. The summed E-state index contributed by atoms with van der Waals surface area (Å²) in [6, 6.07) is 12.8. The molecule has 0 atom stereocenters. The molecule has 30 heavy (non-hydrogen) atoms. The second kappa shape index (κ2) is 8.11. The van der Waals surface area contributed by atoms with E-state index in [0.717, 1.165) is 16.8 Å². The van der Waals surface area contributed by atoms with Crippen LogP contribution in [0.25, 0.3) is 11.0 Å².